The number of rotatable bonds is 3. The fourth-order valence-corrected chi connectivity index (χ4v) is 3.57. The van der Waals surface area contributed by atoms with E-state index < -0.39 is 0 Å². The number of nitrogens with zero attached hydrogens (tertiary/aromatic N) is 1. The molecule has 1 aromatic carbocycles. The molecule has 4 nitrogen and oxygen atoms in total. The summed E-state index contributed by atoms with van der Waals surface area (Å²) < 4.78 is 0.962. The molecule has 1 unspecified atom stereocenters. The largest absolute Gasteiger partial charge is 0.324 e. The van der Waals surface area contributed by atoms with E-state index in [0.717, 1.165) is 25.6 Å². The first-order valence-electron chi connectivity index (χ1n) is 6.09. The summed E-state index contributed by atoms with van der Waals surface area (Å²) in [6.45, 7) is 0. The summed E-state index contributed by atoms with van der Waals surface area (Å²) in [5.41, 5.74) is 1.82. The second-order valence-electron chi connectivity index (χ2n) is 4.35. The van der Waals surface area contributed by atoms with Crippen molar-refractivity contribution >= 4 is 39.3 Å². The van der Waals surface area contributed by atoms with Crippen molar-refractivity contribution in [1.82, 2.24) is 10.3 Å². The standard InChI is InChI=1S/C14H12BrN3OS/c1-16-13-8-6-9(15)11(7-10(8)18-14(13)19)20-12-4-2-3-5-17-12/h2-7,13,16H,1H3,(H,18,19). The molecular weight excluding hydrogens is 338 g/mol. The lowest BCUT2D eigenvalue weighted by Gasteiger charge is -2.09. The third kappa shape index (κ3) is 2.46. The van der Waals surface area contributed by atoms with Gasteiger partial charge in [-0.25, -0.2) is 4.98 Å². The molecular formula is C14H12BrN3OS. The topological polar surface area (TPSA) is 54.0 Å². The number of pyridine rings is 1. The quantitative estimate of drug-likeness (QED) is 0.893. The molecule has 6 heteroatoms. The number of benzene rings is 1. The number of nitrogens with one attached hydrogen (secondary N) is 2. The minimum atomic E-state index is -0.282. The Labute approximate surface area is 129 Å². The summed E-state index contributed by atoms with van der Waals surface area (Å²) in [7, 11) is 1.78. The monoisotopic (exact) mass is 349 g/mol. The van der Waals surface area contributed by atoms with Gasteiger partial charge in [0.2, 0.25) is 5.91 Å². The highest BCUT2D eigenvalue weighted by molar-refractivity contribution is 9.10. The van der Waals surface area contributed by atoms with Crippen LogP contribution in [0, 0.1) is 0 Å². The minimum Gasteiger partial charge on any atom is -0.324 e. The molecule has 2 aromatic rings. The number of carbonyl (C=O) groups excluding carboxylic acids is 1. The van der Waals surface area contributed by atoms with Gasteiger partial charge in [-0.05, 0) is 47.2 Å². The van der Waals surface area contributed by atoms with Gasteiger partial charge < -0.3 is 10.6 Å². The van der Waals surface area contributed by atoms with Gasteiger partial charge in [-0.2, -0.15) is 0 Å². The van der Waals surface area contributed by atoms with Crippen molar-refractivity contribution in [3.8, 4) is 0 Å². The van der Waals surface area contributed by atoms with Gasteiger partial charge >= 0.3 is 0 Å². The molecule has 102 valence electrons. The van der Waals surface area contributed by atoms with Crippen LogP contribution in [-0.2, 0) is 4.79 Å². The van der Waals surface area contributed by atoms with Crippen LogP contribution in [0.25, 0.3) is 0 Å². The van der Waals surface area contributed by atoms with Crippen molar-refractivity contribution in [2.24, 2.45) is 0 Å². The van der Waals surface area contributed by atoms with E-state index in [2.05, 4.69) is 31.5 Å². The summed E-state index contributed by atoms with van der Waals surface area (Å²) in [6.07, 6.45) is 1.77. The molecule has 1 aliphatic rings. The zero-order chi connectivity index (χ0) is 14.1. The Morgan fingerprint density at radius 3 is 2.95 bits per heavy atom. The molecule has 1 amide bonds. The molecule has 1 aromatic heterocycles. The zero-order valence-electron chi connectivity index (χ0n) is 10.7. The van der Waals surface area contributed by atoms with Crippen molar-refractivity contribution in [2.75, 3.05) is 12.4 Å². The zero-order valence-corrected chi connectivity index (χ0v) is 13.1. The lowest BCUT2D eigenvalue weighted by molar-refractivity contribution is -0.117. The lowest BCUT2D eigenvalue weighted by Crippen LogP contribution is -2.23. The summed E-state index contributed by atoms with van der Waals surface area (Å²) >= 11 is 5.13. The second kappa shape index (κ2) is 5.55. The number of halogens is 1. The number of likely N-dealkylation sites (N-methyl/N-ethyl adjacent to an activating group) is 1. The summed E-state index contributed by atoms with van der Waals surface area (Å²) in [5, 5.41) is 6.83. The molecule has 0 saturated carbocycles. The highest BCUT2D eigenvalue weighted by Gasteiger charge is 2.30. The molecule has 0 aliphatic carbocycles. The average molecular weight is 350 g/mol. The van der Waals surface area contributed by atoms with Crippen LogP contribution in [0.3, 0.4) is 0 Å². The molecule has 3 rings (SSSR count). The minimum absolute atomic E-state index is 0.0191. The van der Waals surface area contributed by atoms with Crippen molar-refractivity contribution in [2.45, 2.75) is 16.0 Å². The normalized spacial score (nSPS) is 16.9. The molecule has 0 fully saturated rings. The van der Waals surface area contributed by atoms with Crippen molar-refractivity contribution in [1.29, 1.82) is 0 Å². The molecule has 0 radical (unpaired) electrons. The van der Waals surface area contributed by atoms with Crippen LogP contribution >= 0.6 is 27.7 Å². The molecule has 0 bridgehead atoms. The third-order valence-corrected chi connectivity index (χ3v) is 5.00. The van der Waals surface area contributed by atoms with Crippen LogP contribution in [0.15, 0.2) is 50.9 Å². The molecule has 1 aliphatic heterocycles. The van der Waals surface area contributed by atoms with Gasteiger partial charge in [0.25, 0.3) is 0 Å². The smallest absolute Gasteiger partial charge is 0.246 e. The Balaban J connectivity index is 1.96. The highest BCUT2D eigenvalue weighted by atomic mass is 79.9. The van der Waals surface area contributed by atoms with Gasteiger partial charge in [-0.3, -0.25) is 4.79 Å². The lowest BCUT2D eigenvalue weighted by atomic mass is 10.1. The van der Waals surface area contributed by atoms with Crippen LogP contribution in [0.4, 0.5) is 5.69 Å². The van der Waals surface area contributed by atoms with Gasteiger partial charge in [-0.15, -0.1) is 0 Å². The van der Waals surface area contributed by atoms with Gasteiger partial charge in [0.05, 0.1) is 0 Å². The van der Waals surface area contributed by atoms with Crippen molar-refractivity contribution in [3.05, 3.63) is 46.6 Å². The summed E-state index contributed by atoms with van der Waals surface area (Å²) in [6, 6.07) is 9.48. The predicted octanol–water partition coefficient (Wildman–Crippen LogP) is 3.21. The first-order chi connectivity index (χ1) is 9.69. The Morgan fingerprint density at radius 2 is 2.25 bits per heavy atom. The Hall–Kier alpha value is -1.37. The number of hydrogen-bond acceptors (Lipinski definition) is 4. The molecule has 2 heterocycles. The predicted molar refractivity (Wildman–Crippen MR) is 82.9 cm³/mol. The Bertz CT molecular complexity index is 663. The SMILES string of the molecule is CNC1C(=O)Nc2cc(Sc3ccccn3)c(Br)cc21. The number of fused-ring (bicyclic) bond motifs is 1. The van der Waals surface area contributed by atoms with Crippen LogP contribution < -0.4 is 10.6 Å². The van der Waals surface area contributed by atoms with Crippen LogP contribution in [0.5, 0.6) is 0 Å². The van der Waals surface area contributed by atoms with E-state index in [1.54, 1.807) is 25.0 Å². The van der Waals surface area contributed by atoms with E-state index in [-0.39, 0.29) is 11.9 Å². The fraction of sp³-hybridized carbons (Fsp3) is 0.143. The number of aromatic nitrogens is 1. The third-order valence-electron chi connectivity index (χ3n) is 3.08. The van der Waals surface area contributed by atoms with Gasteiger partial charge in [0, 0.05) is 26.8 Å². The van der Waals surface area contributed by atoms with E-state index in [1.807, 2.05) is 30.3 Å². The first-order valence-corrected chi connectivity index (χ1v) is 7.70. The van der Waals surface area contributed by atoms with Gasteiger partial charge in [0.1, 0.15) is 11.1 Å². The van der Waals surface area contributed by atoms with E-state index in [4.69, 9.17) is 0 Å². The maximum absolute atomic E-state index is 11.8. The maximum Gasteiger partial charge on any atom is 0.246 e. The summed E-state index contributed by atoms with van der Waals surface area (Å²) in [5.74, 6) is -0.0191. The number of hydrogen-bond donors (Lipinski definition) is 2. The molecule has 2 N–H and O–H groups in total. The maximum atomic E-state index is 11.8. The first kappa shape index (κ1) is 13.6. The number of anilines is 1. The van der Waals surface area contributed by atoms with Crippen LogP contribution in [0.1, 0.15) is 11.6 Å². The molecule has 1 atom stereocenters. The number of amides is 1. The van der Waals surface area contributed by atoms with Crippen LogP contribution in [0.2, 0.25) is 0 Å². The molecule has 20 heavy (non-hydrogen) atoms. The van der Waals surface area contributed by atoms with Crippen molar-refractivity contribution in [3.63, 3.8) is 0 Å². The van der Waals surface area contributed by atoms with E-state index in [1.165, 1.54) is 0 Å². The number of carbonyl (C=O) groups is 1. The van der Waals surface area contributed by atoms with Crippen LogP contribution in [-0.4, -0.2) is 17.9 Å². The van der Waals surface area contributed by atoms with Gasteiger partial charge in [-0.1, -0.05) is 17.8 Å². The van der Waals surface area contributed by atoms with Crippen molar-refractivity contribution < 1.29 is 4.79 Å². The highest BCUT2D eigenvalue weighted by Crippen LogP contribution is 2.40. The summed E-state index contributed by atoms with van der Waals surface area (Å²) in [4.78, 5) is 17.2. The van der Waals surface area contributed by atoms with E-state index in [9.17, 15) is 4.79 Å². The Kier molecular flexibility index (Phi) is 3.78. The van der Waals surface area contributed by atoms with E-state index >= 15 is 0 Å². The van der Waals surface area contributed by atoms with E-state index in [0.29, 0.717) is 0 Å². The van der Waals surface area contributed by atoms with Gasteiger partial charge in [0.15, 0.2) is 0 Å². The Morgan fingerprint density at radius 1 is 1.40 bits per heavy atom. The molecule has 0 spiro atoms. The average Bonchev–Trinajstić information content (AvgIpc) is 2.75. The second-order valence-corrected chi connectivity index (χ2v) is 6.27. The molecule has 0 saturated heterocycles. The fourth-order valence-electron chi connectivity index (χ4n) is 2.15.